The Hall–Kier alpha value is -2.41. The van der Waals surface area contributed by atoms with Crippen molar-refractivity contribution in [2.24, 2.45) is 0 Å². The van der Waals surface area contributed by atoms with Crippen LogP contribution >= 0.6 is 11.3 Å². The topological polar surface area (TPSA) is 92.4 Å². The van der Waals surface area contributed by atoms with Gasteiger partial charge in [-0.3, -0.25) is 14.9 Å². The van der Waals surface area contributed by atoms with E-state index in [9.17, 15) is 9.59 Å². The number of aliphatic carboxylic acids is 1. The second kappa shape index (κ2) is 6.16. The fourth-order valence-corrected chi connectivity index (χ4v) is 2.16. The Morgan fingerprint density at radius 2 is 2.30 bits per heavy atom. The lowest BCUT2D eigenvalue weighted by Crippen LogP contribution is -2.08. The van der Waals surface area contributed by atoms with Gasteiger partial charge in [-0.05, 0) is 25.1 Å². The first kappa shape index (κ1) is 14.0. The molecular formula is C13H12N2O4S. The number of thiazole rings is 1. The van der Waals surface area contributed by atoms with Crippen LogP contribution in [-0.2, 0) is 16.0 Å². The first-order valence-corrected chi connectivity index (χ1v) is 6.62. The second-order valence-corrected chi connectivity index (χ2v) is 4.84. The Balaban J connectivity index is 1.92. The molecular weight excluding hydrogens is 280 g/mol. The zero-order chi connectivity index (χ0) is 14.5. The number of nitrogens with zero attached hydrogens (tertiary/aromatic N) is 1. The summed E-state index contributed by atoms with van der Waals surface area (Å²) in [6.07, 6.45) is 2.72. The molecule has 0 saturated carbocycles. The van der Waals surface area contributed by atoms with Crippen molar-refractivity contribution in [2.45, 2.75) is 13.3 Å². The summed E-state index contributed by atoms with van der Waals surface area (Å²) in [6.45, 7) is 1.82. The van der Waals surface area contributed by atoms with E-state index >= 15 is 0 Å². The number of carboxylic acid groups (broad SMARTS) is 1. The Kier molecular flexibility index (Phi) is 4.31. The number of carbonyl (C=O) groups excluding carboxylic acids is 1. The Morgan fingerprint density at radius 1 is 1.50 bits per heavy atom. The van der Waals surface area contributed by atoms with Gasteiger partial charge in [-0.15, -0.1) is 11.3 Å². The Morgan fingerprint density at radius 3 is 2.95 bits per heavy atom. The summed E-state index contributed by atoms with van der Waals surface area (Å²) in [7, 11) is 0. The summed E-state index contributed by atoms with van der Waals surface area (Å²) in [5.74, 6) is 0.0446. The molecule has 0 bridgehead atoms. The summed E-state index contributed by atoms with van der Waals surface area (Å²) >= 11 is 1.18. The molecule has 104 valence electrons. The number of nitrogens with one attached hydrogen (secondary N) is 1. The fourth-order valence-electron chi connectivity index (χ4n) is 1.45. The van der Waals surface area contributed by atoms with Gasteiger partial charge in [-0.25, -0.2) is 4.98 Å². The molecule has 0 aliphatic carbocycles. The van der Waals surface area contributed by atoms with Crippen molar-refractivity contribution in [3.8, 4) is 0 Å². The molecule has 6 nitrogen and oxygen atoms in total. The third kappa shape index (κ3) is 4.06. The van der Waals surface area contributed by atoms with Gasteiger partial charge in [0.15, 0.2) is 5.13 Å². The first-order chi connectivity index (χ1) is 9.52. The van der Waals surface area contributed by atoms with E-state index in [0.717, 1.165) is 5.76 Å². The van der Waals surface area contributed by atoms with E-state index in [0.29, 0.717) is 16.6 Å². The Bertz CT molecular complexity index is 657. The standard InChI is InChI=1S/C13H12N2O4S/c1-8-2-3-10(19-8)4-5-11(16)15-13-14-9(7-20-13)6-12(17)18/h2-5,7H,6H2,1H3,(H,17,18)(H,14,15,16)/b5-4+. The van der Waals surface area contributed by atoms with Crippen LogP contribution in [0, 0.1) is 6.92 Å². The number of rotatable bonds is 5. The highest BCUT2D eigenvalue weighted by Crippen LogP contribution is 2.16. The van der Waals surface area contributed by atoms with E-state index < -0.39 is 5.97 Å². The maximum atomic E-state index is 11.6. The number of carbonyl (C=O) groups is 2. The largest absolute Gasteiger partial charge is 0.481 e. The molecule has 1 amide bonds. The van der Waals surface area contributed by atoms with E-state index in [2.05, 4.69) is 10.3 Å². The predicted molar refractivity (Wildman–Crippen MR) is 74.6 cm³/mol. The maximum Gasteiger partial charge on any atom is 0.309 e. The zero-order valence-electron chi connectivity index (χ0n) is 10.6. The average molecular weight is 292 g/mol. The fraction of sp³-hybridized carbons (Fsp3) is 0.154. The van der Waals surface area contributed by atoms with Crippen LogP contribution in [-0.4, -0.2) is 22.0 Å². The Labute approximate surface area is 118 Å². The molecule has 7 heteroatoms. The minimum absolute atomic E-state index is 0.159. The van der Waals surface area contributed by atoms with Crippen LogP contribution in [0.25, 0.3) is 6.08 Å². The molecule has 0 spiro atoms. The van der Waals surface area contributed by atoms with Gasteiger partial charge in [-0.2, -0.15) is 0 Å². The number of aromatic nitrogens is 1. The molecule has 0 fully saturated rings. The van der Waals surface area contributed by atoms with E-state index in [-0.39, 0.29) is 12.3 Å². The van der Waals surface area contributed by atoms with Gasteiger partial charge in [-0.1, -0.05) is 0 Å². The van der Waals surface area contributed by atoms with E-state index in [1.54, 1.807) is 23.6 Å². The van der Waals surface area contributed by atoms with Crippen molar-refractivity contribution >= 4 is 34.4 Å². The molecule has 2 rings (SSSR count). The second-order valence-electron chi connectivity index (χ2n) is 3.99. The van der Waals surface area contributed by atoms with Crippen molar-refractivity contribution in [3.63, 3.8) is 0 Å². The average Bonchev–Trinajstić information content (AvgIpc) is 2.95. The van der Waals surface area contributed by atoms with E-state index in [1.807, 2.05) is 6.92 Å². The molecule has 0 radical (unpaired) electrons. The number of carboxylic acids is 1. The first-order valence-electron chi connectivity index (χ1n) is 5.74. The number of hydrogen-bond acceptors (Lipinski definition) is 5. The third-order valence-corrected chi connectivity index (χ3v) is 3.08. The number of furan rings is 1. The molecule has 0 aliphatic rings. The lowest BCUT2D eigenvalue weighted by molar-refractivity contribution is -0.136. The third-order valence-electron chi connectivity index (χ3n) is 2.27. The molecule has 2 aromatic heterocycles. The van der Waals surface area contributed by atoms with Crippen LogP contribution in [0.1, 0.15) is 17.2 Å². The predicted octanol–water partition coefficient (Wildman–Crippen LogP) is 2.32. The lowest BCUT2D eigenvalue weighted by Gasteiger charge is -1.95. The normalized spacial score (nSPS) is 10.8. The van der Waals surface area contributed by atoms with Gasteiger partial charge in [0.05, 0.1) is 12.1 Å². The SMILES string of the molecule is Cc1ccc(/C=C/C(=O)Nc2nc(CC(=O)O)cs2)o1. The summed E-state index contributed by atoms with van der Waals surface area (Å²) in [5, 5.41) is 13.2. The van der Waals surface area contributed by atoms with Gasteiger partial charge >= 0.3 is 5.97 Å². The van der Waals surface area contributed by atoms with Crippen LogP contribution in [0.15, 0.2) is 28.0 Å². The highest BCUT2D eigenvalue weighted by molar-refractivity contribution is 7.14. The van der Waals surface area contributed by atoms with Crippen molar-refractivity contribution in [3.05, 3.63) is 40.8 Å². The minimum atomic E-state index is -0.957. The summed E-state index contributed by atoms with van der Waals surface area (Å²) < 4.78 is 5.29. The summed E-state index contributed by atoms with van der Waals surface area (Å²) in [5.41, 5.74) is 0.420. The van der Waals surface area contributed by atoms with E-state index in [1.165, 1.54) is 17.4 Å². The monoisotopic (exact) mass is 292 g/mol. The number of anilines is 1. The highest BCUT2D eigenvalue weighted by atomic mass is 32.1. The minimum Gasteiger partial charge on any atom is -0.481 e. The maximum absolute atomic E-state index is 11.6. The molecule has 0 aromatic carbocycles. The smallest absolute Gasteiger partial charge is 0.309 e. The summed E-state index contributed by atoms with van der Waals surface area (Å²) in [4.78, 5) is 26.1. The quantitative estimate of drug-likeness (QED) is 0.825. The molecule has 2 heterocycles. The van der Waals surface area contributed by atoms with Crippen molar-refractivity contribution in [1.82, 2.24) is 4.98 Å². The molecule has 2 N–H and O–H groups in total. The number of amides is 1. The van der Waals surface area contributed by atoms with Gasteiger partial charge in [0.25, 0.3) is 0 Å². The molecule has 2 aromatic rings. The highest BCUT2D eigenvalue weighted by Gasteiger charge is 2.07. The lowest BCUT2D eigenvalue weighted by atomic mass is 10.3. The van der Waals surface area contributed by atoms with Gasteiger partial charge in [0.1, 0.15) is 11.5 Å². The van der Waals surface area contributed by atoms with Gasteiger partial charge in [0.2, 0.25) is 5.91 Å². The summed E-state index contributed by atoms with van der Waals surface area (Å²) in [6, 6.07) is 3.56. The molecule has 0 saturated heterocycles. The van der Waals surface area contributed by atoms with Crippen LogP contribution in [0.4, 0.5) is 5.13 Å². The van der Waals surface area contributed by atoms with E-state index in [4.69, 9.17) is 9.52 Å². The van der Waals surface area contributed by atoms with Crippen LogP contribution in [0.5, 0.6) is 0 Å². The van der Waals surface area contributed by atoms with Crippen molar-refractivity contribution in [2.75, 3.05) is 5.32 Å². The van der Waals surface area contributed by atoms with Gasteiger partial charge in [0, 0.05) is 11.5 Å². The molecule has 0 atom stereocenters. The van der Waals surface area contributed by atoms with Crippen molar-refractivity contribution in [1.29, 1.82) is 0 Å². The molecule has 20 heavy (non-hydrogen) atoms. The van der Waals surface area contributed by atoms with Crippen LogP contribution in [0.2, 0.25) is 0 Å². The molecule has 0 aliphatic heterocycles. The number of hydrogen-bond donors (Lipinski definition) is 2. The molecule has 0 unspecified atom stereocenters. The van der Waals surface area contributed by atoms with Crippen LogP contribution < -0.4 is 5.32 Å². The van der Waals surface area contributed by atoms with Crippen molar-refractivity contribution < 1.29 is 19.1 Å². The number of aryl methyl sites for hydroxylation is 1. The zero-order valence-corrected chi connectivity index (χ0v) is 11.4. The van der Waals surface area contributed by atoms with Gasteiger partial charge < -0.3 is 9.52 Å². The van der Waals surface area contributed by atoms with Crippen LogP contribution in [0.3, 0.4) is 0 Å².